The highest BCUT2D eigenvalue weighted by atomic mass is 15.2. The fourth-order valence-electron chi connectivity index (χ4n) is 9.17. The maximum absolute atomic E-state index is 9.53. The Morgan fingerprint density at radius 2 is 0.891 bits per heavy atom. The van der Waals surface area contributed by atoms with Crippen molar-refractivity contribution >= 4 is 49.9 Å². The Morgan fingerprint density at radius 1 is 0.375 bits per heavy atom. The average molecular weight is 820 g/mol. The van der Waals surface area contributed by atoms with Crippen molar-refractivity contribution in [2.45, 2.75) is 0 Å². The fraction of sp³-hybridized carbons (Fsp3) is 0. The van der Waals surface area contributed by atoms with E-state index in [0.717, 1.165) is 55.9 Å². The van der Waals surface area contributed by atoms with Gasteiger partial charge in [0.15, 0.2) is 0 Å². The van der Waals surface area contributed by atoms with E-state index in [9.17, 15) is 5.41 Å². The molecule has 302 valence electrons. The zero-order chi connectivity index (χ0) is 43.0. The van der Waals surface area contributed by atoms with Gasteiger partial charge in [-0.25, -0.2) is 0 Å². The summed E-state index contributed by atoms with van der Waals surface area (Å²) < 4.78 is 2.36. The predicted octanol–water partition coefficient (Wildman–Crippen LogP) is 13.6. The number of fused-ring (bicyclic) bond motifs is 4. The van der Waals surface area contributed by atoms with Crippen LogP contribution in [-0.4, -0.2) is 16.2 Å². The Kier molecular flexibility index (Phi) is 9.79. The molecule has 0 atom stereocenters. The minimum Gasteiger partial charge on any atom is -0.309 e. The number of amidine groups is 2. The van der Waals surface area contributed by atoms with Gasteiger partial charge in [0.2, 0.25) is 5.84 Å². The van der Waals surface area contributed by atoms with E-state index in [2.05, 4.69) is 205 Å². The minimum atomic E-state index is 0.294. The molecule has 4 nitrogen and oxygen atoms in total. The van der Waals surface area contributed by atoms with Crippen LogP contribution < -0.4 is 10.3 Å². The van der Waals surface area contributed by atoms with Crippen LogP contribution in [0.4, 0.5) is 5.69 Å². The van der Waals surface area contributed by atoms with Crippen LogP contribution in [0.3, 0.4) is 0 Å². The maximum Gasteiger partial charge on any atom is 0.286 e. The van der Waals surface area contributed by atoms with Crippen molar-refractivity contribution in [1.82, 2.24) is 4.57 Å². The third-order valence-corrected chi connectivity index (χ3v) is 12.4. The van der Waals surface area contributed by atoms with Gasteiger partial charge in [0.05, 0.1) is 16.6 Å². The molecular formula is C60H43N4+. The number of para-hydroxylation sites is 3. The lowest BCUT2D eigenvalue weighted by Gasteiger charge is -2.19. The molecule has 0 saturated heterocycles. The SMILES string of the molecule is N=C(c1ccc(-c2ccc3ccccc3c2)cc1)N(C(=[NH2+])c1ccc(-c2ccccc2-c2ccccc2-c2ccc3c(c2)c2ccccc2n3-c2ccccc2)cc1)c1ccccc1. The van der Waals surface area contributed by atoms with E-state index in [1.165, 1.54) is 43.7 Å². The largest absolute Gasteiger partial charge is 0.309 e. The molecule has 1 heterocycles. The zero-order valence-electron chi connectivity index (χ0n) is 35.1. The predicted molar refractivity (Wildman–Crippen MR) is 268 cm³/mol. The lowest BCUT2D eigenvalue weighted by atomic mass is 9.89. The summed E-state index contributed by atoms with van der Waals surface area (Å²) in [5.74, 6) is 0.770. The van der Waals surface area contributed by atoms with E-state index >= 15 is 0 Å². The maximum atomic E-state index is 9.53. The summed E-state index contributed by atoms with van der Waals surface area (Å²) in [4.78, 5) is 1.83. The molecule has 0 radical (unpaired) electrons. The van der Waals surface area contributed by atoms with Crippen LogP contribution in [0.5, 0.6) is 0 Å². The summed E-state index contributed by atoms with van der Waals surface area (Å²) in [5, 5.41) is 21.5. The topological polar surface area (TPSA) is 57.6 Å². The molecule has 0 fully saturated rings. The highest BCUT2D eigenvalue weighted by Crippen LogP contribution is 2.41. The quantitative estimate of drug-likeness (QED) is 0.116. The van der Waals surface area contributed by atoms with Crippen molar-refractivity contribution in [2.75, 3.05) is 4.90 Å². The van der Waals surface area contributed by atoms with Gasteiger partial charge in [-0.2, -0.15) is 4.90 Å². The molecule has 0 aliphatic carbocycles. The van der Waals surface area contributed by atoms with Crippen LogP contribution in [0, 0.1) is 5.41 Å². The Hall–Kier alpha value is -8.60. The standard InChI is InChI=1S/C60H42N4/c61-59(44-32-27-42(28-33-44)47-36-29-41-15-7-8-16-46(41)39-47)64(50-19-5-2-6-20-50)60(62)45-34-30-43(31-35-45)51-21-9-11-23-53(51)54-24-12-10-22-52(54)48-37-38-58-56(40-48)55-25-13-14-26-57(55)63(58)49-17-3-1-4-18-49/h1-40,61-62H/p+1. The van der Waals surface area contributed by atoms with Gasteiger partial charge in [0, 0.05) is 22.0 Å². The van der Waals surface area contributed by atoms with E-state index in [4.69, 9.17) is 5.41 Å². The number of hydrogen-bond acceptors (Lipinski definition) is 1. The van der Waals surface area contributed by atoms with Crippen molar-refractivity contribution in [3.05, 3.63) is 254 Å². The number of nitrogens with zero attached hydrogens (tertiary/aromatic N) is 2. The second-order valence-electron chi connectivity index (χ2n) is 16.1. The summed E-state index contributed by atoms with van der Waals surface area (Å²) in [6, 6.07) is 84.9. The number of nitrogens with two attached hydrogens (primary N) is 1. The molecule has 4 heteroatoms. The normalized spacial score (nSPS) is 11.2. The first-order valence-corrected chi connectivity index (χ1v) is 21.6. The molecule has 0 spiro atoms. The summed E-state index contributed by atoms with van der Waals surface area (Å²) in [6.07, 6.45) is 0. The molecule has 0 amide bonds. The van der Waals surface area contributed by atoms with E-state index in [-0.39, 0.29) is 0 Å². The van der Waals surface area contributed by atoms with Crippen molar-refractivity contribution in [2.24, 2.45) is 0 Å². The Bertz CT molecular complexity index is 3510. The second-order valence-corrected chi connectivity index (χ2v) is 16.1. The monoisotopic (exact) mass is 819 g/mol. The molecule has 0 bridgehead atoms. The van der Waals surface area contributed by atoms with Gasteiger partial charge < -0.3 is 4.57 Å². The zero-order valence-corrected chi connectivity index (χ0v) is 35.1. The molecule has 0 aliphatic heterocycles. The van der Waals surface area contributed by atoms with Crippen molar-refractivity contribution in [1.29, 1.82) is 5.41 Å². The molecule has 64 heavy (non-hydrogen) atoms. The third kappa shape index (κ3) is 6.94. The highest BCUT2D eigenvalue weighted by molar-refractivity contribution is 6.26. The molecule has 10 aromatic carbocycles. The smallest absolute Gasteiger partial charge is 0.286 e. The van der Waals surface area contributed by atoms with Crippen LogP contribution in [-0.2, 0) is 0 Å². The minimum absolute atomic E-state index is 0.294. The lowest BCUT2D eigenvalue weighted by Crippen LogP contribution is -2.54. The molecule has 11 aromatic rings. The summed E-state index contributed by atoms with van der Waals surface area (Å²) >= 11 is 0. The van der Waals surface area contributed by atoms with Gasteiger partial charge >= 0.3 is 0 Å². The molecule has 1 aromatic heterocycles. The lowest BCUT2D eigenvalue weighted by molar-refractivity contribution is -0.113. The van der Waals surface area contributed by atoms with E-state index in [1.807, 2.05) is 47.4 Å². The highest BCUT2D eigenvalue weighted by Gasteiger charge is 2.28. The van der Waals surface area contributed by atoms with Crippen LogP contribution in [0.2, 0.25) is 0 Å². The van der Waals surface area contributed by atoms with Gasteiger partial charge in [-0.1, -0.05) is 170 Å². The van der Waals surface area contributed by atoms with Crippen LogP contribution in [0.25, 0.3) is 82.8 Å². The number of anilines is 1. The van der Waals surface area contributed by atoms with Crippen molar-refractivity contribution < 1.29 is 5.41 Å². The molecule has 0 unspecified atom stereocenters. The van der Waals surface area contributed by atoms with Gasteiger partial charge in [0.1, 0.15) is 5.69 Å². The summed E-state index contributed by atoms with van der Waals surface area (Å²) in [7, 11) is 0. The average Bonchev–Trinajstić information content (AvgIpc) is 3.70. The number of nitrogens with one attached hydrogen (secondary N) is 1. The van der Waals surface area contributed by atoms with Crippen molar-refractivity contribution in [3.63, 3.8) is 0 Å². The number of hydrogen-bond donors (Lipinski definition) is 2. The fourth-order valence-corrected chi connectivity index (χ4v) is 9.17. The van der Waals surface area contributed by atoms with E-state index in [1.54, 1.807) is 0 Å². The first kappa shape index (κ1) is 38.3. The van der Waals surface area contributed by atoms with Gasteiger partial charge in [-0.05, 0) is 128 Å². The molecule has 3 N–H and O–H groups in total. The number of aromatic nitrogens is 1. The first-order valence-electron chi connectivity index (χ1n) is 21.6. The Balaban J connectivity index is 0.913. The second kappa shape index (κ2) is 16.4. The number of benzene rings is 10. The van der Waals surface area contributed by atoms with E-state index in [0.29, 0.717) is 11.7 Å². The summed E-state index contributed by atoms with van der Waals surface area (Å²) in [5.41, 5.74) is 15.0. The third-order valence-electron chi connectivity index (χ3n) is 12.4. The van der Waals surface area contributed by atoms with Gasteiger partial charge in [0.25, 0.3) is 5.84 Å². The van der Waals surface area contributed by atoms with Gasteiger partial charge in [-0.15, -0.1) is 0 Å². The van der Waals surface area contributed by atoms with Crippen molar-refractivity contribution in [3.8, 4) is 50.2 Å². The first-order chi connectivity index (χ1) is 31.6. The molecule has 0 aliphatic rings. The summed E-state index contributed by atoms with van der Waals surface area (Å²) in [6.45, 7) is 0. The molecular weight excluding hydrogens is 777 g/mol. The van der Waals surface area contributed by atoms with E-state index < -0.39 is 0 Å². The van der Waals surface area contributed by atoms with Crippen LogP contribution >= 0.6 is 0 Å². The molecule has 11 rings (SSSR count). The van der Waals surface area contributed by atoms with Crippen LogP contribution in [0.1, 0.15) is 11.1 Å². The molecule has 0 saturated carbocycles. The number of rotatable bonds is 8. The van der Waals surface area contributed by atoms with Crippen LogP contribution in [0.15, 0.2) is 243 Å². The Labute approximate surface area is 372 Å². The van der Waals surface area contributed by atoms with Gasteiger partial charge in [-0.3, -0.25) is 10.8 Å². The Morgan fingerprint density at radius 3 is 1.61 bits per heavy atom.